The zero-order valence-corrected chi connectivity index (χ0v) is 26.5. The number of benzene rings is 5. The van der Waals surface area contributed by atoms with Crippen molar-refractivity contribution < 1.29 is 19.4 Å². The summed E-state index contributed by atoms with van der Waals surface area (Å²) in [4.78, 5) is 31.9. The summed E-state index contributed by atoms with van der Waals surface area (Å²) in [5.74, 6) is -1.27. The molecule has 238 valence electrons. The maximum atomic E-state index is 13.4. The Bertz CT molecular complexity index is 1900. The van der Waals surface area contributed by atoms with E-state index in [2.05, 4.69) is 48.5 Å². The van der Waals surface area contributed by atoms with Crippen LogP contribution in [0.25, 0.3) is 11.1 Å². The second-order valence-corrected chi connectivity index (χ2v) is 12.1. The predicted octanol–water partition coefficient (Wildman–Crippen LogP) is 7.60. The monoisotopic (exact) mass is 633 g/mol. The number of amides is 1. The minimum atomic E-state index is -1.19. The Morgan fingerprint density at radius 1 is 0.750 bits per heavy atom. The highest BCUT2D eigenvalue weighted by Gasteiger charge is 2.39. The lowest BCUT2D eigenvalue weighted by molar-refractivity contribution is -0.142. The summed E-state index contributed by atoms with van der Waals surface area (Å²) in [5.41, 5.74) is 7.25. The number of carbonyl (C=O) groups is 2. The summed E-state index contributed by atoms with van der Waals surface area (Å²) in [6, 6.07) is 45.6. The molecule has 0 aliphatic heterocycles. The molecule has 1 aliphatic carbocycles. The number of nitrogens with zero attached hydrogens (tertiary/aromatic N) is 3. The highest BCUT2D eigenvalue weighted by molar-refractivity contribution is 5.81. The number of likely N-dealkylation sites (N-methyl/N-ethyl adjacent to an activating group) is 1. The van der Waals surface area contributed by atoms with Gasteiger partial charge < -0.3 is 14.4 Å². The number of aromatic nitrogens is 2. The number of hydrogen-bond donors (Lipinski definition) is 1. The second-order valence-electron chi connectivity index (χ2n) is 12.1. The molecule has 7 nitrogen and oxygen atoms in total. The molecule has 0 spiro atoms. The van der Waals surface area contributed by atoms with Gasteiger partial charge in [0, 0.05) is 25.6 Å². The van der Waals surface area contributed by atoms with E-state index >= 15 is 0 Å². The summed E-state index contributed by atoms with van der Waals surface area (Å²) in [5, 5.41) is 10.3. The molecule has 1 aliphatic rings. The molecule has 0 unspecified atom stereocenters. The lowest BCUT2D eigenvalue weighted by atomic mass is 9.77. The van der Waals surface area contributed by atoms with Crippen LogP contribution in [0.1, 0.15) is 39.4 Å². The van der Waals surface area contributed by atoms with Gasteiger partial charge in [0.25, 0.3) is 0 Å². The van der Waals surface area contributed by atoms with E-state index in [0.717, 1.165) is 43.8 Å². The molecular weight excluding hydrogens is 598 g/mol. The van der Waals surface area contributed by atoms with Crippen LogP contribution in [0.4, 0.5) is 4.79 Å². The van der Waals surface area contributed by atoms with Crippen molar-refractivity contribution in [1.82, 2.24) is 14.5 Å². The SMILES string of the molecule is CN(C(=O)OCC1c2ccccc2-c2ccccc21)[C@H](Cc1cn(C(c2ccccc2)(c2ccccc2)c2ccccc2)cn1)C(=O)O. The fourth-order valence-electron chi connectivity index (χ4n) is 7.05. The van der Waals surface area contributed by atoms with Crippen LogP contribution in [-0.2, 0) is 21.5 Å². The highest BCUT2D eigenvalue weighted by atomic mass is 16.6. The molecule has 0 saturated carbocycles. The Morgan fingerprint density at radius 2 is 1.21 bits per heavy atom. The van der Waals surface area contributed by atoms with Crippen LogP contribution >= 0.6 is 0 Å². The zero-order chi connectivity index (χ0) is 33.1. The van der Waals surface area contributed by atoms with E-state index in [4.69, 9.17) is 9.72 Å². The number of aliphatic carboxylic acids is 1. The van der Waals surface area contributed by atoms with Gasteiger partial charge in [-0.1, -0.05) is 140 Å². The Labute approximate surface area is 279 Å². The molecule has 7 heteroatoms. The van der Waals surface area contributed by atoms with Crippen LogP contribution in [0.15, 0.2) is 152 Å². The number of fused-ring (bicyclic) bond motifs is 3. The summed E-state index contributed by atoms with van der Waals surface area (Å²) in [6.07, 6.45) is 2.93. The van der Waals surface area contributed by atoms with E-state index in [0.29, 0.717) is 5.69 Å². The lowest BCUT2D eigenvalue weighted by Gasteiger charge is -2.37. The largest absolute Gasteiger partial charge is 0.480 e. The molecule has 7 rings (SSSR count). The number of rotatable bonds is 10. The molecule has 48 heavy (non-hydrogen) atoms. The van der Waals surface area contributed by atoms with Crippen LogP contribution in [0.3, 0.4) is 0 Å². The maximum absolute atomic E-state index is 13.4. The normalized spacial score (nSPS) is 12.9. The highest BCUT2D eigenvalue weighted by Crippen LogP contribution is 2.45. The molecule has 1 heterocycles. The van der Waals surface area contributed by atoms with Crippen molar-refractivity contribution in [3.8, 4) is 11.1 Å². The van der Waals surface area contributed by atoms with Gasteiger partial charge in [-0.25, -0.2) is 14.6 Å². The second kappa shape index (κ2) is 13.0. The molecule has 1 amide bonds. The molecule has 0 radical (unpaired) electrons. The van der Waals surface area contributed by atoms with Gasteiger partial charge in [0.2, 0.25) is 0 Å². The van der Waals surface area contributed by atoms with Crippen molar-refractivity contribution in [3.63, 3.8) is 0 Å². The zero-order valence-electron chi connectivity index (χ0n) is 26.5. The standard InChI is InChI=1S/C41H35N3O4/c1-43(40(47)48-27-37-35-23-13-11-21-33(35)34-22-12-14-24-36(34)37)38(39(45)46)25-32-26-44(28-42-32)41(29-15-5-2-6-16-29,30-17-7-3-8-18-30)31-19-9-4-10-20-31/h2-24,26,28,37-38H,25,27H2,1H3,(H,45,46)/t38-/m1/s1. The average Bonchev–Trinajstić information content (AvgIpc) is 3.74. The number of carboxylic acids is 1. The van der Waals surface area contributed by atoms with Crippen LogP contribution in [-0.4, -0.2) is 51.3 Å². The first-order valence-electron chi connectivity index (χ1n) is 16.0. The van der Waals surface area contributed by atoms with Crippen LogP contribution in [0, 0.1) is 0 Å². The van der Waals surface area contributed by atoms with Gasteiger partial charge in [0.15, 0.2) is 0 Å². The van der Waals surface area contributed by atoms with Crippen molar-refractivity contribution >= 4 is 12.1 Å². The molecule has 1 N–H and O–H groups in total. The summed E-state index contributed by atoms with van der Waals surface area (Å²) >= 11 is 0. The molecule has 0 saturated heterocycles. The lowest BCUT2D eigenvalue weighted by Crippen LogP contribution is -2.44. The molecule has 0 fully saturated rings. The predicted molar refractivity (Wildman–Crippen MR) is 185 cm³/mol. The van der Waals surface area contributed by atoms with Gasteiger partial charge in [0.05, 0.1) is 12.0 Å². The van der Waals surface area contributed by atoms with E-state index in [9.17, 15) is 14.7 Å². The fraction of sp³-hybridized carbons (Fsp3) is 0.146. The Balaban J connectivity index is 1.16. The quantitative estimate of drug-likeness (QED) is 0.157. The van der Waals surface area contributed by atoms with Crippen LogP contribution < -0.4 is 0 Å². The van der Waals surface area contributed by atoms with Crippen LogP contribution in [0.2, 0.25) is 0 Å². The van der Waals surface area contributed by atoms with Gasteiger partial charge in [-0.3, -0.25) is 4.90 Å². The Morgan fingerprint density at radius 3 is 1.69 bits per heavy atom. The van der Waals surface area contributed by atoms with Crippen molar-refractivity contribution in [2.24, 2.45) is 0 Å². The van der Waals surface area contributed by atoms with E-state index in [1.807, 2.05) is 102 Å². The molecular formula is C41H35N3O4. The first kappa shape index (κ1) is 30.7. The van der Waals surface area contributed by atoms with E-state index in [1.54, 1.807) is 6.33 Å². The van der Waals surface area contributed by atoms with Gasteiger partial charge in [0.1, 0.15) is 18.2 Å². The van der Waals surface area contributed by atoms with Gasteiger partial charge in [-0.2, -0.15) is 0 Å². The first-order valence-corrected chi connectivity index (χ1v) is 16.0. The number of imidazole rings is 1. The van der Waals surface area contributed by atoms with Gasteiger partial charge in [-0.05, 0) is 38.9 Å². The molecule has 1 aromatic heterocycles. The molecule has 5 aromatic carbocycles. The summed E-state index contributed by atoms with van der Waals surface area (Å²) < 4.78 is 7.84. The third-order valence-electron chi connectivity index (χ3n) is 9.38. The Kier molecular flexibility index (Phi) is 8.34. The smallest absolute Gasteiger partial charge is 0.410 e. The summed E-state index contributed by atoms with van der Waals surface area (Å²) in [7, 11) is 1.47. The van der Waals surface area contributed by atoms with Crippen LogP contribution in [0.5, 0.6) is 0 Å². The topological polar surface area (TPSA) is 84.7 Å². The van der Waals surface area contributed by atoms with Crippen molar-refractivity contribution in [1.29, 1.82) is 0 Å². The number of carboxylic acid groups (broad SMARTS) is 1. The van der Waals surface area contributed by atoms with Gasteiger partial charge >= 0.3 is 12.1 Å². The molecule has 6 aromatic rings. The third-order valence-corrected chi connectivity index (χ3v) is 9.38. The molecule has 0 bridgehead atoms. The number of carbonyl (C=O) groups excluding carboxylic acids is 1. The van der Waals surface area contributed by atoms with Crippen molar-refractivity contribution in [2.75, 3.05) is 13.7 Å². The summed E-state index contributed by atoms with van der Waals surface area (Å²) in [6.45, 7) is 0.103. The fourth-order valence-corrected chi connectivity index (χ4v) is 7.05. The third kappa shape index (κ3) is 5.43. The van der Waals surface area contributed by atoms with E-state index < -0.39 is 23.6 Å². The van der Waals surface area contributed by atoms with E-state index in [-0.39, 0.29) is 18.9 Å². The number of ether oxygens (including phenoxy) is 1. The molecule has 1 atom stereocenters. The van der Waals surface area contributed by atoms with Crippen molar-refractivity contribution in [3.05, 3.63) is 186 Å². The van der Waals surface area contributed by atoms with Crippen molar-refractivity contribution in [2.45, 2.75) is 23.9 Å². The Hall–Kier alpha value is -5.95. The minimum absolute atomic E-state index is 0.00250. The minimum Gasteiger partial charge on any atom is -0.480 e. The average molecular weight is 634 g/mol. The van der Waals surface area contributed by atoms with E-state index in [1.165, 1.54) is 7.05 Å². The first-order chi connectivity index (χ1) is 23.5. The maximum Gasteiger partial charge on any atom is 0.410 e. The number of hydrogen-bond acceptors (Lipinski definition) is 4. The van der Waals surface area contributed by atoms with Gasteiger partial charge in [-0.15, -0.1) is 0 Å².